The molecule has 0 radical (unpaired) electrons. The van der Waals surface area contributed by atoms with Crippen LogP contribution in [0.25, 0.3) is 0 Å². The minimum absolute atomic E-state index is 0.0755. The first-order chi connectivity index (χ1) is 7.70. The second-order valence-corrected chi connectivity index (χ2v) is 4.46. The first-order valence-electron chi connectivity index (χ1n) is 4.56. The molecule has 0 bridgehead atoms. The number of nitrogens with zero attached hydrogens (tertiary/aromatic N) is 3. The van der Waals surface area contributed by atoms with E-state index in [4.69, 9.17) is 17.3 Å². The average Bonchev–Trinajstić information content (AvgIpc) is 2.86. The number of thiophene rings is 1. The fourth-order valence-electron chi connectivity index (χ4n) is 1.22. The molecule has 7 heteroatoms. The Morgan fingerprint density at radius 1 is 1.62 bits per heavy atom. The predicted molar refractivity (Wildman–Crippen MR) is 61.6 cm³/mol. The molecule has 0 aliphatic heterocycles. The van der Waals surface area contributed by atoms with E-state index in [-0.39, 0.29) is 12.3 Å². The Labute approximate surface area is 101 Å². The summed E-state index contributed by atoms with van der Waals surface area (Å²) in [6.07, 6.45) is 1.65. The number of rotatable bonds is 4. The molecule has 84 valence electrons. The lowest BCUT2D eigenvalue weighted by molar-refractivity contribution is 0.0971. The largest absolute Gasteiger partial charge is 0.325 e. The normalized spacial score (nSPS) is 10.6. The maximum atomic E-state index is 11.8. The average molecular weight is 257 g/mol. The highest BCUT2D eigenvalue weighted by Crippen LogP contribution is 2.22. The zero-order chi connectivity index (χ0) is 11.5. The molecule has 0 unspecified atom stereocenters. The Hall–Kier alpha value is -1.24. The molecule has 0 saturated carbocycles. The van der Waals surface area contributed by atoms with Crippen LogP contribution >= 0.6 is 22.9 Å². The fraction of sp³-hybridized carbons (Fsp3) is 0.222. The van der Waals surface area contributed by atoms with E-state index in [1.807, 2.05) is 0 Å². The number of carbonyl (C=O) groups is 1. The number of halogens is 1. The summed E-state index contributed by atoms with van der Waals surface area (Å²) in [7, 11) is 0. The monoisotopic (exact) mass is 256 g/mol. The van der Waals surface area contributed by atoms with Crippen LogP contribution in [0.15, 0.2) is 17.6 Å². The summed E-state index contributed by atoms with van der Waals surface area (Å²) in [6.45, 7) is 0.446. The SMILES string of the molecule is NCc1cn(CC(=O)c2sccc2Cl)nn1. The summed E-state index contributed by atoms with van der Waals surface area (Å²) in [4.78, 5) is 12.3. The van der Waals surface area contributed by atoms with Crippen molar-refractivity contribution in [3.05, 3.63) is 33.2 Å². The van der Waals surface area contributed by atoms with Gasteiger partial charge in [-0.25, -0.2) is 4.68 Å². The predicted octanol–water partition coefficient (Wildman–Crippen LogP) is 1.33. The fourth-order valence-corrected chi connectivity index (χ4v) is 2.31. The van der Waals surface area contributed by atoms with Gasteiger partial charge in [0.1, 0.15) is 6.54 Å². The van der Waals surface area contributed by atoms with Crippen molar-refractivity contribution in [1.29, 1.82) is 0 Å². The molecule has 2 N–H and O–H groups in total. The van der Waals surface area contributed by atoms with Crippen LogP contribution < -0.4 is 5.73 Å². The van der Waals surface area contributed by atoms with Gasteiger partial charge in [0.15, 0.2) is 5.78 Å². The van der Waals surface area contributed by atoms with Crippen LogP contribution in [0, 0.1) is 0 Å². The maximum Gasteiger partial charge on any atom is 0.195 e. The Balaban J connectivity index is 2.11. The van der Waals surface area contributed by atoms with Gasteiger partial charge < -0.3 is 5.73 Å². The highest BCUT2D eigenvalue weighted by atomic mass is 35.5. The Morgan fingerprint density at radius 3 is 3.00 bits per heavy atom. The standard InChI is InChI=1S/C9H9ClN4OS/c10-7-1-2-16-9(7)8(15)5-14-4-6(3-11)12-13-14/h1-2,4H,3,5,11H2. The van der Waals surface area contributed by atoms with Gasteiger partial charge in [-0.15, -0.1) is 16.4 Å². The first kappa shape index (κ1) is 11.3. The molecule has 16 heavy (non-hydrogen) atoms. The van der Waals surface area contributed by atoms with Crippen LogP contribution in [0.2, 0.25) is 5.02 Å². The molecule has 0 saturated heterocycles. The molecule has 0 spiro atoms. The van der Waals surface area contributed by atoms with Gasteiger partial charge in [-0.2, -0.15) is 0 Å². The van der Waals surface area contributed by atoms with Gasteiger partial charge in [-0.1, -0.05) is 16.8 Å². The van der Waals surface area contributed by atoms with Gasteiger partial charge in [0.2, 0.25) is 0 Å². The number of nitrogens with two attached hydrogens (primary N) is 1. The third kappa shape index (κ3) is 2.29. The molecule has 2 aromatic rings. The van der Waals surface area contributed by atoms with E-state index in [1.165, 1.54) is 16.0 Å². The molecule has 5 nitrogen and oxygen atoms in total. The van der Waals surface area contributed by atoms with Crippen LogP contribution in [0.5, 0.6) is 0 Å². The van der Waals surface area contributed by atoms with Crippen LogP contribution in [0.1, 0.15) is 15.4 Å². The van der Waals surface area contributed by atoms with Gasteiger partial charge >= 0.3 is 0 Å². The van der Waals surface area contributed by atoms with Crippen molar-refractivity contribution < 1.29 is 4.79 Å². The molecule has 0 fully saturated rings. The van der Waals surface area contributed by atoms with Gasteiger partial charge in [0.25, 0.3) is 0 Å². The summed E-state index contributed by atoms with van der Waals surface area (Å²) in [5.74, 6) is -0.0755. The molecule has 0 aliphatic rings. The second-order valence-electron chi connectivity index (χ2n) is 3.13. The lowest BCUT2D eigenvalue weighted by Gasteiger charge is -1.97. The third-order valence-electron chi connectivity index (χ3n) is 1.97. The van der Waals surface area contributed by atoms with Crippen molar-refractivity contribution in [2.24, 2.45) is 5.73 Å². The Kier molecular flexibility index (Phi) is 3.33. The first-order valence-corrected chi connectivity index (χ1v) is 5.81. The van der Waals surface area contributed by atoms with Crippen LogP contribution in [-0.4, -0.2) is 20.8 Å². The third-order valence-corrected chi connectivity index (χ3v) is 3.35. The van der Waals surface area contributed by atoms with Gasteiger partial charge in [-0.3, -0.25) is 4.79 Å². The van der Waals surface area contributed by atoms with E-state index in [9.17, 15) is 4.79 Å². The van der Waals surface area contributed by atoms with Crippen LogP contribution in [-0.2, 0) is 13.1 Å². The van der Waals surface area contributed by atoms with E-state index in [0.717, 1.165) is 0 Å². The molecule has 0 atom stereocenters. The van der Waals surface area contributed by atoms with Crippen molar-refractivity contribution in [3.8, 4) is 0 Å². The lowest BCUT2D eigenvalue weighted by Crippen LogP contribution is -2.10. The summed E-state index contributed by atoms with van der Waals surface area (Å²) < 4.78 is 1.46. The van der Waals surface area contributed by atoms with Crippen molar-refractivity contribution in [2.75, 3.05) is 0 Å². The molecular formula is C9H9ClN4OS. The summed E-state index contributed by atoms with van der Waals surface area (Å²) in [6, 6.07) is 1.70. The molecule has 2 heterocycles. The molecular weight excluding hydrogens is 248 g/mol. The topological polar surface area (TPSA) is 73.8 Å². The lowest BCUT2D eigenvalue weighted by atomic mass is 10.3. The molecule has 2 rings (SSSR count). The highest BCUT2D eigenvalue weighted by Gasteiger charge is 2.13. The zero-order valence-electron chi connectivity index (χ0n) is 8.26. The minimum Gasteiger partial charge on any atom is -0.325 e. The number of carbonyl (C=O) groups excluding carboxylic acids is 1. The quantitative estimate of drug-likeness (QED) is 0.838. The number of ketones is 1. The molecule has 2 aromatic heterocycles. The maximum absolute atomic E-state index is 11.8. The number of hydrogen-bond acceptors (Lipinski definition) is 5. The summed E-state index contributed by atoms with van der Waals surface area (Å²) in [5, 5.41) is 9.85. The molecule has 0 amide bonds. The summed E-state index contributed by atoms with van der Waals surface area (Å²) in [5.41, 5.74) is 6.05. The van der Waals surface area contributed by atoms with Crippen LogP contribution in [0.3, 0.4) is 0 Å². The summed E-state index contributed by atoms with van der Waals surface area (Å²) >= 11 is 7.18. The van der Waals surface area contributed by atoms with E-state index >= 15 is 0 Å². The van der Waals surface area contributed by atoms with E-state index in [1.54, 1.807) is 17.6 Å². The van der Waals surface area contributed by atoms with Crippen molar-refractivity contribution in [3.63, 3.8) is 0 Å². The van der Waals surface area contributed by atoms with Gasteiger partial charge in [0, 0.05) is 6.54 Å². The number of hydrogen-bond donors (Lipinski definition) is 1. The minimum atomic E-state index is -0.0755. The van der Waals surface area contributed by atoms with Crippen molar-refractivity contribution in [1.82, 2.24) is 15.0 Å². The second kappa shape index (κ2) is 4.73. The van der Waals surface area contributed by atoms with Gasteiger partial charge in [-0.05, 0) is 11.4 Å². The van der Waals surface area contributed by atoms with Gasteiger partial charge in [0.05, 0.1) is 21.8 Å². The van der Waals surface area contributed by atoms with Crippen LogP contribution in [0.4, 0.5) is 0 Å². The zero-order valence-corrected chi connectivity index (χ0v) is 9.83. The molecule has 0 aliphatic carbocycles. The highest BCUT2D eigenvalue weighted by molar-refractivity contribution is 7.12. The Morgan fingerprint density at radius 2 is 2.44 bits per heavy atom. The van der Waals surface area contributed by atoms with Crippen molar-refractivity contribution in [2.45, 2.75) is 13.1 Å². The smallest absolute Gasteiger partial charge is 0.195 e. The van der Waals surface area contributed by atoms with E-state index in [2.05, 4.69) is 10.3 Å². The number of Topliss-reactive ketones (excluding diaryl/α,β-unsaturated/α-hetero) is 1. The van der Waals surface area contributed by atoms with E-state index in [0.29, 0.717) is 22.1 Å². The molecule has 0 aromatic carbocycles. The van der Waals surface area contributed by atoms with E-state index < -0.39 is 0 Å². The number of aromatic nitrogens is 3. The Bertz CT molecular complexity index is 507. The van der Waals surface area contributed by atoms with Crippen molar-refractivity contribution >= 4 is 28.7 Å².